The third-order valence-corrected chi connectivity index (χ3v) is 5.68. The first-order chi connectivity index (χ1) is 9.82. The van der Waals surface area contributed by atoms with Crippen molar-refractivity contribution < 1.29 is 13.2 Å². The number of likely N-dealkylation sites (N-methyl/N-ethyl adjacent to an activating group) is 2. The molecule has 1 aromatic rings. The van der Waals surface area contributed by atoms with Crippen LogP contribution in [-0.2, 0) is 27.7 Å². The number of benzene rings is 1. The van der Waals surface area contributed by atoms with Crippen molar-refractivity contribution in [2.45, 2.75) is 30.6 Å². The van der Waals surface area contributed by atoms with E-state index >= 15 is 0 Å². The van der Waals surface area contributed by atoms with E-state index in [9.17, 15) is 13.2 Å². The summed E-state index contributed by atoms with van der Waals surface area (Å²) >= 11 is 0. The first-order valence-corrected chi connectivity index (χ1v) is 8.54. The molecule has 0 aromatic heterocycles. The SMILES string of the molecule is CN(C)C(=O)CN(C)S(=O)(=O)c1ccc2c(c1)CCCC2. The van der Waals surface area contributed by atoms with Crippen LogP contribution in [0, 0.1) is 0 Å². The summed E-state index contributed by atoms with van der Waals surface area (Å²) in [6, 6.07) is 5.32. The zero-order chi connectivity index (χ0) is 15.6. The van der Waals surface area contributed by atoms with E-state index < -0.39 is 10.0 Å². The number of fused-ring (bicyclic) bond motifs is 1. The van der Waals surface area contributed by atoms with E-state index in [0.29, 0.717) is 0 Å². The second kappa shape index (κ2) is 6.15. The lowest BCUT2D eigenvalue weighted by atomic mass is 9.92. The Morgan fingerprint density at radius 1 is 1.10 bits per heavy atom. The quantitative estimate of drug-likeness (QED) is 0.841. The summed E-state index contributed by atoms with van der Waals surface area (Å²) in [7, 11) is 1.05. The van der Waals surface area contributed by atoms with Crippen molar-refractivity contribution in [3.63, 3.8) is 0 Å². The van der Waals surface area contributed by atoms with Crippen LogP contribution in [0.3, 0.4) is 0 Å². The van der Waals surface area contributed by atoms with Crippen LogP contribution in [0.2, 0.25) is 0 Å². The van der Waals surface area contributed by atoms with Gasteiger partial charge >= 0.3 is 0 Å². The van der Waals surface area contributed by atoms with Crippen LogP contribution in [0.15, 0.2) is 23.1 Å². The fraction of sp³-hybridized carbons (Fsp3) is 0.533. The van der Waals surface area contributed by atoms with E-state index in [0.717, 1.165) is 35.6 Å². The van der Waals surface area contributed by atoms with Crippen LogP contribution in [0.5, 0.6) is 0 Å². The fourth-order valence-electron chi connectivity index (χ4n) is 2.47. The molecule has 2 rings (SSSR count). The molecule has 116 valence electrons. The van der Waals surface area contributed by atoms with E-state index in [1.54, 1.807) is 26.2 Å². The van der Waals surface area contributed by atoms with Gasteiger partial charge in [0.15, 0.2) is 0 Å². The van der Waals surface area contributed by atoms with Gasteiger partial charge in [-0.3, -0.25) is 4.79 Å². The van der Waals surface area contributed by atoms with Crippen LogP contribution in [0.25, 0.3) is 0 Å². The van der Waals surface area contributed by atoms with Gasteiger partial charge in [0, 0.05) is 21.1 Å². The van der Waals surface area contributed by atoms with Gasteiger partial charge in [-0.1, -0.05) is 6.07 Å². The minimum Gasteiger partial charge on any atom is -0.348 e. The van der Waals surface area contributed by atoms with Gasteiger partial charge in [-0.25, -0.2) is 8.42 Å². The van der Waals surface area contributed by atoms with Crippen molar-refractivity contribution in [2.24, 2.45) is 0 Å². The monoisotopic (exact) mass is 310 g/mol. The third kappa shape index (κ3) is 3.44. The van der Waals surface area contributed by atoms with Crippen LogP contribution >= 0.6 is 0 Å². The van der Waals surface area contributed by atoms with Crippen molar-refractivity contribution in [3.05, 3.63) is 29.3 Å². The second-order valence-electron chi connectivity index (χ2n) is 5.69. The number of amides is 1. The summed E-state index contributed by atoms with van der Waals surface area (Å²) in [6.45, 7) is -0.146. The van der Waals surface area contributed by atoms with Crippen molar-refractivity contribution in [1.82, 2.24) is 9.21 Å². The van der Waals surface area contributed by atoms with E-state index in [1.807, 2.05) is 6.07 Å². The molecule has 0 unspecified atom stereocenters. The molecule has 0 spiro atoms. The molecule has 0 N–H and O–H groups in total. The van der Waals surface area contributed by atoms with Crippen molar-refractivity contribution in [3.8, 4) is 0 Å². The molecule has 21 heavy (non-hydrogen) atoms. The Morgan fingerprint density at radius 3 is 2.33 bits per heavy atom. The number of hydrogen-bond acceptors (Lipinski definition) is 3. The molecule has 0 fully saturated rings. The minimum atomic E-state index is -3.62. The number of hydrogen-bond donors (Lipinski definition) is 0. The maximum atomic E-state index is 12.5. The highest BCUT2D eigenvalue weighted by Crippen LogP contribution is 2.25. The molecule has 0 aliphatic heterocycles. The van der Waals surface area contributed by atoms with Crippen molar-refractivity contribution in [2.75, 3.05) is 27.7 Å². The van der Waals surface area contributed by atoms with E-state index in [4.69, 9.17) is 0 Å². The Kier molecular flexibility index (Phi) is 4.68. The van der Waals surface area contributed by atoms with Crippen LogP contribution in [0.1, 0.15) is 24.0 Å². The number of sulfonamides is 1. The predicted molar refractivity (Wildman–Crippen MR) is 81.6 cm³/mol. The molecule has 0 saturated carbocycles. The van der Waals surface area contributed by atoms with Gasteiger partial charge in [0.25, 0.3) is 0 Å². The smallest absolute Gasteiger partial charge is 0.243 e. The van der Waals surface area contributed by atoms with Gasteiger partial charge in [-0.15, -0.1) is 0 Å². The predicted octanol–water partition coefficient (Wildman–Crippen LogP) is 1.27. The lowest BCUT2D eigenvalue weighted by Gasteiger charge is -2.21. The number of nitrogens with zero attached hydrogens (tertiary/aromatic N) is 2. The molecule has 0 atom stereocenters. The molecule has 0 bridgehead atoms. The Morgan fingerprint density at radius 2 is 1.71 bits per heavy atom. The average molecular weight is 310 g/mol. The Hall–Kier alpha value is -1.40. The Bertz CT molecular complexity index is 638. The Labute approximate surface area is 126 Å². The summed E-state index contributed by atoms with van der Waals surface area (Å²) < 4.78 is 26.2. The van der Waals surface area contributed by atoms with E-state index in [1.165, 1.54) is 17.5 Å². The molecule has 5 nitrogen and oxygen atoms in total. The number of carbonyl (C=O) groups excluding carboxylic acids is 1. The second-order valence-corrected chi connectivity index (χ2v) is 7.73. The summed E-state index contributed by atoms with van der Waals surface area (Å²) in [5.41, 5.74) is 2.36. The van der Waals surface area contributed by atoms with Crippen molar-refractivity contribution >= 4 is 15.9 Å². The topological polar surface area (TPSA) is 57.7 Å². The molecule has 0 radical (unpaired) electrons. The highest BCUT2D eigenvalue weighted by Gasteiger charge is 2.24. The molecule has 1 amide bonds. The normalized spacial score (nSPS) is 14.9. The first-order valence-electron chi connectivity index (χ1n) is 7.10. The van der Waals surface area contributed by atoms with Crippen molar-refractivity contribution in [1.29, 1.82) is 0 Å². The molecule has 0 heterocycles. The number of rotatable bonds is 4. The molecular formula is C15H22N2O3S. The molecule has 1 aromatic carbocycles. The van der Waals surface area contributed by atoms with Crippen LogP contribution in [0.4, 0.5) is 0 Å². The summed E-state index contributed by atoms with van der Waals surface area (Å²) in [5.74, 6) is -0.237. The first kappa shape index (κ1) is 16.0. The van der Waals surface area contributed by atoms with Crippen LogP contribution in [-0.4, -0.2) is 51.2 Å². The lowest BCUT2D eigenvalue weighted by molar-refractivity contribution is -0.128. The van der Waals surface area contributed by atoms with Gasteiger partial charge in [-0.05, 0) is 48.9 Å². The van der Waals surface area contributed by atoms with Gasteiger partial charge in [0.1, 0.15) is 0 Å². The van der Waals surface area contributed by atoms with Gasteiger partial charge in [0.05, 0.1) is 11.4 Å². The van der Waals surface area contributed by atoms with E-state index in [2.05, 4.69) is 0 Å². The zero-order valence-corrected chi connectivity index (χ0v) is 13.6. The largest absolute Gasteiger partial charge is 0.348 e. The van der Waals surface area contributed by atoms with Gasteiger partial charge in [-0.2, -0.15) is 4.31 Å². The Balaban J connectivity index is 2.25. The number of carbonyl (C=O) groups is 1. The summed E-state index contributed by atoms with van der Waals surface area (Å²) in [5, 5.41) is 0. The van der Waals surface area contributed by atoms with E-state index in [-0.39, 0.29) is 17.3 Å². The molecule has 1 aliphatic carbocycles. The van der Waals surface area contributed by atoms with Gasteiger partial charge < -0.3 is 4.90 Å². The molecular weight excluding hydrogens is 288 g/mol. The minimum absolute atomic E-state index is 0.146. The maximum absolute atomic E-state index is 12.5. The molecule has 0 saturated heterocycles. The molecule has 1 aliphatic rings. The highest BCUT2D eigenvalue weighted by atomic mass is 32.2. The average Bonchev–Trinajstić information content (AvgIpc) is 2.46. The summed E-state index contributed by atoms with van der Waals surface area (Å²) in [6.07, 6.45) is 4.21. The molecule has 6 heteroatoms. The highest BCUT2D eigenvalue weighted by molar-refractivity contribution is 7.89. The standard InChI is InChI=1S/C15H22N2O3S/c1-16(2)15(18)11-17(3)21(19,20)14-9-8-12-6-4-5-7-13(12)10-14/h8-10H,4-7,11H2,1-3H3. The lowest BCUT2D eigenvalue weighted by Crippen LogP contribution is -2.37. The van der Waals surface area contributed by atoms with Gasteiger partial charge in [0.2, 0.25) is 15.9 Å². The van der Waals surface area contributed by atoms with Crippen LogP contribution < -0.4 is 0 Å². The zero-order valence-electron chi connectivity index (χ0n) is 12.8. The maximum Gasteiger partial charge on any atom is 0.243 e. The fourth-order valence-corrected chi connectivity index (χ4v) is 3.64. The number of aryl methyl sites for hydroxylation is 2. The third-order valence-electron chi connectivity index (χ3n) is 3.88. The summed E-state index contributed by atoms with van der Waals surface area (Å²) in [4.78, 5) is 13.3.